The average molecular weight is 383 g/mol. The fourth-order valence-corrected chi connectivity index (χ4v) is 4.70. The number of carbonyl (C=O) groups is 2. The van der Waals surface area contributed by atoms with Crippen LogP contribution in [-0.4, -0.2) is 27.6 Å². The number of anilines is 1. The zero-order valence-electron chi connectivity index (χ0n) is 14.3. The monoisotopic (exact) mass is 382 g/mol. The molecule has 1 aliphatic rings. The van der Waals surface area contributed by atoms with E-state index in [4.69, 9.17) is 22.1 Å². The van der Waals surface area contributed by atoms with Crippen molar-refractivity contribution in [3.05, 3.63) is 32.9 Å². The van der Waals surface area contributed by atoms with E-state index in [9.17, 15) is 9.59 Å². The standard InChI is InChI=1S/C16H19ClN4O3S/c1-15(2)5-7-9(12(18)22)14(25-11(7)16(3,4)24-15)20-13(23)10-8(17)6-19-21-10/h6H,5H2,1-4H3,(H2,18,22)(H,19,21)(H,20,23). The number of carbonyl (C=O) groups excluding carboxylic acids is 2. The SMILES string of the molecule is CC1(C)Cc2c(sc(NC(=O)c3[nH]ncc3Cl)c2C(N)=O)C(C)(C)O1. The van der Waals surface area contributed by atoms with Gasteiger partial charge in [0.25, 0.3) is 11.8 Å². The van der Waals surface area contributed by atoms with Crippen molar-refractivity contribution in [1.29, 1.82) is 0 Å². The van der Waals surface area contributed by atoms with Crippen molar-refractivity contribution < 1.29 is 14.3 Å². The van der Waals surface area contributed by atoms with E-state index in [1.807, 2.05) is 27.7 Å². The Morgan fingerprint density at radius 2 is 2.08 bits per heavy atom. The summed E-state index contributed by atoms with van der Waals surface area (Å²) in [7, 11) is 0. The van der Waals surface area contributed by atoms with E-state index < -0.39 is 23.0 Å². The smallest absolute Gasteiger partial charge is 0.275 e. The van der Waals surface area contributed by atoms with E-state index in [0.717, 1.165) is 10.4 Å². The highest BCUT2D eigenvalue weighted by atomic mass is 35.5. The second-order valence-corrected chi connectivity index (χ2v) is 8.50. The maximum absolute atomic E-state index is 12.4. The molecule has 25 heavy (non-hydrogen) atoms. The number of nitrogens with one attached hydrogen (secondary N) is 2. The number of hydrogen-bond donors (Lipinski definition) is 3. The van der Waals surface area contributed by atoms with Gasteiger partial charge < -0.3 is 15.8 Å². The maximum atomic E-state index is 12.4. The van der Waals surface area contributed by atoms with E-state index in [1.165, 1.54) is 17.5 Å². The van der Waals surface area contributed by atoms with Crippen molar-refractivity contribution in [3.8, 4) is 0 Å². The number of aromatic amines is 1. The lowest BCUT2D eigenvalue weighted by Crippen LogP contribution is -2.42. The Balaban J connectivity index is 2.07. The van der Waals surface area contributed by atoms with Gasteiger partial charge in [0.05, 0.1) is 28.0 Å². The van der Waals surface area contributed by atoms with E-state index in [0.29, 0.717) is 17.0 Å². The fraction of sp³-hybridized carbons (Fsp3) is 0.438. The highest BCUT2D eigenvalue weighted by Crippen LogP contribution is 2.48. The van der Waals surface area contributed by atoms with Crippen LogP contribution in [0.25, 0.3) is 0 Å². The normalized spacial score (nSPS) is 17.8. The Morgan fingerprint density at radius 3 is 2.64 bits per heavy atom. The van der Waals surface area contributed by atoms with E-state index >= 15 is 0 Å². The van der Waals surface area contributed by atoms with Crippen molar-refractivity contribution in [2.75, 3.05) is 5.32 Å². The van der Waals surface area contributed by atoms with Gasteiger partial charge in [0, 0.05) is 11.3 Å². The second kappa shape index (κ2) is 5.82. The van der Waals surface area contributed by atoms with Crippen LogP contribution in [-0.2, 0) is 16.8 Å². The highest BCUT2D eigenvalue weighted by Gasteiger charge is 2.43. The third-order valence-electron chi connectivity index (χ3n) is 3.98. The number of nitrogens with two attached hydrogens (primary N) is 1. The molecule has 2 aromatic heterocycles. The molecule has 1 aliphatic heterocycles. The maximum Gasteiger partial charge on any atom is 0.275 e. The van der Waals surface area contributed by atoms with Crippen molar-refractivity contribution >= 4 is 39.8 Å². The van der Waals surface area contributed by atoms with Gasteiger partial charge in [0.15, 0.2) is 0 Å². The number of thiophene rings is 1. The Morgan fingerprint density at radius 1 is 1.40 bits per heavy atom. The summed E-state index contributed by atoms with van der Waals surface area (Å²) in [5, 5.41) is 9.57. The Kier molecular flexibility index (Phi) is 4.17. The Hall–Kier alpha value is -1.90. The minimum absolute atomic E-state index is 0.124. The van der Waals surface area contributed by atoms with Crippen LogP contribution < -0.4 is 11.1 Å². The zero-order valence-corrected chi connectivity index (χ0v) is 15.9. The number of amides is 2. The lowest BCUT2D eigenvalue weighted by atomic mass is 9.86. The first-order valence-corrected chi connectivity index (χ1v) is 8.87. The molecule has 0 saturated carbocycles. The van der Waals surface area contributed by atoms with Gasteiger partial charge >= 0.3 is 0 Å². The first kappa shape index (κ1) is 17.9. The summed E-state index contributed by atoms with van der Waals surface area (Å²) in [6.45, 7) is 7.79. The minimum Gasteiger partial charge on any atom is -0.365 e. The molecule has 0 unspecified atom stereocenters. The molecule has 0 spiro atoms. The molecule has 0 radical (unpaired) electrons. The number of hydrogen-bond acceptors (Lipinski definition) is 5. The quantitative estimate of drug-likeness (QED) is 0.757. The summed E-state index contributed by atoms with van der Waals surface area (Å²) in [5.74, 6) is -1.07. The van der Waals surface area contributed by atoms with Crippen molar-refractivity contribution in [3.63, 3.8) is 0 Å². The van der Waals surface area contributed by atoms with E-state index in [2.05, 4.69) is 15.5 Å². The first-order chi connectivity index (χ1) is 11.5. The number of H-pyrrole nitrogens is 1. The second-order valence-electron chi connectivity index (χ2n) is 7.07. The van der Waals surface area contributed by atoms with Gasteiger partial charge in [-0.3, -0.25) is 14.7 Å². The number of fused-ring (bicyclic) bond motifs is 1. The molecule has 0 bridgehead atoms. The van der Waals surface area contributed by atoms with Crippen molar-refractivity contribution in [2.45, 2.75) is 45.3 Å². The summed E-state index contributed by atoms with van der Waals surface area (Å²) >= 11 is 7.22. The minimum atomic E-state index is -0.597. The fourth-order valence-electron chi connectivity index (χ4n) is 3.26. The molecule has 0 atom stereocenters. The molecule has 3 heterocycles. The van der Waals surface area contributed by atoms with Gasteiger partial charge in [-0.2, -0.15) is 5.10 Å². The van der Waals surface area contributed by atoms with Crippen LogP contribution in [0, 0.1) is 0 Å². The lowest BCUT2D eigenvalue weighted by molar-refractivity contribution is -0.135. The molecular formula is C16H19ClN4O3S. The molecule has 3 rings (SSSR count). The molecule has 7 nitrogen and oxygen atoms in total. The number of primary amides is 1. The van der Waals surface area contributed by atoms with Crippen LogP contribution >= 0.6 is 22.9 Å². The highest BCUT2D eigenvalue weighted by molar-refractivity contribution is 7.17. The molecule has 134 valence electrons. The summed E-state index contributed by atoms with van der Waals surface area (Å²) < 4.78 is 6.14. The molecule has 0 fully saturated rings. The number of halogens is 1. The van der Waals surface area contributed by atoms with Gasteiger partial charge in [-0.05, 0) is 33.3 Å². The van der Waals surface area contributed by atoms with Gasteiger partial charge in [-0.15, -0.1) is 11.3 Å². The number of ether oxygens (including phenoxy) is 1. The predicted molar refractivity (Wildman–Crippen MR) is 96.3 cm³/mol. The molecule has 2 amide bonds. The van der Waals surface area contributed by atoms with Crippen LogP contribution in [0.4, 0.5) is 5.00 Å². The van der Waals surface area contributed by atoms with Gasteiger partial charge in [0.1, 0.15) is 10.7 Å². The number of rotatable bonds is 3. The van der Waals surface area contributed by atoms with Crippen LogP contribution in [0.15, 0.2) is 6.20 Å². The Bertz CT molecular complexity index is 869. The third-order valence-corrected chi connectivity index (χ3v) is 5.72. The molecular weight excluding hydrogens is 364 g/mol. The molecule has 9 heteroatoms. The molecule has 0 aromatic carbocycles. The van der Waals surface area contributed by atoms with E-state index in [1.54, 1.807) is 0 Å². The zero-order chi connectivity index (χ0) is 18.6. The first-order valence-electron chi connectivity index (χ1n) is 7.68. The third kappa shape index (κ3) is 3.17. The van der Waals surface area contributed by atoms with Gasteiger partial charge in [-0.1, -0.05) is 11.6 Å². The van der Waals surface area contributed by atoms with E-state index in [-0.39, 0.29) is 10.7 Å². The van der Waals surface area contributed by atoms with Crippen molar-refractivity contribution in [2.24, 2.45) is 5.73 Å². The molecule has 2 aromatic rings. The Labute approximate surface area is 153 Å². The summed E-state index contributed by atoms with van der Waals surface area (Å²) in [6.07, 6.45) is 1.87. The summed E-state index contributed by atoms with van der Waals surface area (Å²) in [6, 6.07) is 0. The van der Waals surface area contributed by atoms with Crippen LogP contribution in [0.1, 0.15) is 59.0 Å². The molecule has 0 aliphatic carbocycles. The topological polar surface area (TPSA) is 110 Å². The predicted octanol–water partition coefficient (Wildman–Crippen LogP) is 3.06. The summed E-state index contributed by atoms with van der Waals surface area (Å²) in [5.41, 5.74) is 5.84. The number of nitrogens with zero attached hydrogens (tertiary/aromatic N) is 1. The largest absolute Gasteiger partial charge is 0.365 e. The van der Waals surface area contributed by atoms with Crippen LogP contribution in [0.3, 0.4) is 0 Å². The van der Waals surface area contributed by atoms with Crippen LogP contribution in [0.5, 0.6) is 0 Å². The van der Waals surface area contributed by atoms with Crippen LogP contribution in [0.2, 0.25) is 5.02 Å². The average Bonchev–Trinajstić information content (AvgIpc) is 3.00. The van der Waals surface area contributed by atoms with Gasteiger partial charge in [0.2, 0.25) is 0 Å². The number of aromatic nitrogens is 2. The van der Waals surface area contributed by atoms with Crippen molar-refractivity contribution in [1.82, 2.24) is 10.2 Å². The lowest BCUT2D eigenvalue weighted by Gasteiger charge is -2.41. The molecule has 0 saturated heterocycles. The molecule has 4 N–H and O–H groups in total. The van der Waals surface area contributed by atoms with Gasteiger partial charge in [-0.25, -0.2) is 0 Å². The summed E-state index contributed by atoms with van der Waals surface area (Å²) in [4.78, 5) is 25.4.